The van der Waals surface area contributed by atoms with Crippen LogP contribution in [-0.4, -0.2) is 37.9 Å². The number of nitrogens with zero attached hydrogens (tertiary/aromatic N) is 3. The first-order valence-electron chi connectivity index (χ1n) is 5.59. The minimum atomic E-state index is -0.290. The number of aromatic amines is 1. The molecule has 0 aromatic carbocycles. The molecule has 7 heteroatoms. The van der Waals surface area contributed by atoms with E-state index in [1.807, 2.05) is 6.92 Å². The van der Waals surface area contributed by atoms with Crippen LogP contribution in [0.2, 0.25) is 0 Å². The molecule has 2 aromatic heterocycles. The molecule has 2 rings (SSSR count). The lowest BCUT2D eigenvalue weighted by atomic mass is 10.2. The molecule has 1 atom stereocenters. The molecule has 17 heavy (non-hydrogen) atoms. The first-order chi connectivity index (χ1) is 8.20. The Morgan fingerprint density at radius 2 is 2.35 bits per heavy atom. The average molecular weight is 236 g/mol. The summed E-state index contributed by atoms with van der Waals surface area (Å²) in [6.07, 6.45) is 2.77. The maximum Gasteiger partial charge on any atom is 0.224 e. The normalized spacial score (nSPS) is 12.8. The van der Waals surface area contributed by atoms with Crippen molar-refractivity contribution in [3.8, 4) is 0 Å². The molecule has 0 fully saturated rings. The zero-order valence-electron chi connectivity index (χ0n) is 9.64. The molecule has 1 unspecified atom stereocenters. The van der Waals surface area contributed by atoms with Crippen LogP contribution in [0.3, 0.4) is 0 Å². The van der Waals surface area contributed by atoms with Crippen molar-refractivity contribution in [2.75, 3.05) is 17.6 Å². The Bertz CT molecular complexity index is 497. The van der Waals surface area contributed by atoms with Gasteiger partial charge < -0.3 is 16.2 Å². The van der Waals surface area contributed by atoms with E-state index < -0.39 is 0 Å². The lowest BCUT2D eigenvalue weighted by Gasteiger charge is -2.09. The minimum Gasteiger partial charge on any atom is -0.393 e. The molecule has 5 N–H and O–H groups in total. The van der Waals surface area contributed by atoms with Gasteiger partial charge in [0.2, 0.25) is 5.95 Å². The number of hydrogen-bond acceptors (Lipinski definition) is 6. The first-order valence-corrected chi connectivity index (χ1v) is 5.59. The molecular formula is C10H16N6O. The van der Waals surface area contributed by atoms with Crippen molar-refractivity contribution in [3.05, 3.63) is 6.20 Å². The number of aromatic nitrogens is 4. The summed E-state index contributed by atoms with van der Waals surface area (Å²) in [5, 5.41) is 20.0. The van der Waals surface area contributed by atoms with E-state index in [1.165, 1.54) is 0 Å². The summed E-state index contributed by atoms with van der Waals surface area (Å²) in [5.74, 6) is 0.838. The molecule has 0 bridgehead atoms. The second-order valence-corrected chi connectivity index (χ2v) is 3.84. The van der Waals surface area contributed by atoms with E-state index in [9.17, 15) is 5.11 Å². The number of hydrogen-bond donors (Lipinski definition) is 4. The van der Waals surface area contributed by atoms with Gasteiger partial charge in [-0.1, -0.05) is 6.92 Å². The van der Waals surface area contributed by atoms with Crippen molar-refractivity contribution in [2.24, 2.45) is 0 Å². The van der Waals surface area contributed by atoms with E-state index in [2.05, 4.69) is 25.5 Å². The number of rotatable bonds is 5. The standard InChI is InChI=1S/C10H16N6O/c1-2-6(17)3-4-12-8-7-5-13-16-9(7)15-10(11)14-8/h5-6,17H,2-4H2,1H3,(H4,11,12,13,14,15,16). The molecule has 2 heterocycles. The average Bonchev–Trinajstić information content (AvgIpc) is 2.76. The fraction of sp³-hybridized carbons (Fsp3) is 0.500. The molecule has 7 nitrogen and oxygen atoms in total. The lowest BCUT2D eigenvalue weighted by Crippen LogP contribution is -2.13. The molecule has 0 aliphatic carbocycles. The third kappa shape index (κ3) is 2.62. The van der Waals surface area contributed by atoms with Gasteiger partial charge in [0.1, 0.15) is 5.82 Å². The molecule has 0 aliphatic heterocycles. The second kappa shape index (κ2) is 4.96. The van der Waals surface area contributed by atoms with Gasteiger partial charge in [0.25, 0.3) is 0 Å². The van der Waals surface area contributed by atoms with E-state index in [0.29, 0.717) is 24.4 Å². The third-order valence-corrected chi connectivity index (χ3v) is 2.57. The minimum absolute atomic E-state index is 0.195. The molecule has 2 aromatic rings. The SMILES string of the molecule is CCC(O)CCNc1nc(N)nc2[nH]ncc12. The number of H-pyrrole nitrogens is 1. The van der Waals surface area contributed by atoms with Gasteiger partial charge >= 0.3 is 0 Å². The molecule has 0 radical (unpaired) electrons. The Labute approximate surface area is 98.5 Å². The Morgan fingerprint density at radius 1 is 1.53 bits per heavy atom. The van der Waals surface area contributed by atoms with Gasteiger partial charge in [-0.15, -0.1) is 0 Å². The van der Waals surface area contributed by atoms with Crippen LogP contribution in [-0.2, 0) is 0 Å². The van der Waals surface area contributed by atoms with Crippen LogP contribution in [0.5, 0.6) is 0 Å². The van der Waals surface area contributed by atoms with Gasteiger partial charge in [0, 0.05) is 6.54 Å². The van der Waals surface area contributed by atoms with Gasteiger partial charge in [-0.05, 0) is 12.8 Å². The van der Waals surface area contributed by atoms with Crippen LogP contribution < -0.4 is 11.1 Å². The van der Waals surface area contributed by atoms with Gasteiger partial charge in [-0.2, -0.15) is 15.1 Å². The predicted octanol–water partition coefficient (Wildman–Crippen LogP) is 0.508. The molecule has 92 valence electrons. The Kier molecular flexibility index (Phi) is 3.38. The number of nitrogens with one attached hydrogen (secondary N) is 2. The lowest BCUT2D eigenvalue weighted by molar-refractivity contribution is 0.164. The molecule has 0 saturated heterocycles. The topological polar surface area (TPSA) is 113 Å². The van der Waals surface area contributed by atoms with E-state index >= 15 is 0 Å². The van der Waals surface area contributed by atoms with Crippen molar-refractivity contribution in [3.63, 3.8) is 0 Å². The van der Waals surface area contributed by atoms with Gasteiger partial charge in [-0.25, -0.2) is 0 Å². The zero-order chi connectivity index (χ0) is 12.3. The van der Waals surface area contributed by atoms with Crippen molar-refractivity contribution in [1.82, 2.24) is 20.2 Å². The van der Waals surface area contributed by atoms with Gasteiger partial charge in [0.15, 0.2) is 5.65 Å². The predicted molar refractivity (Wildman–Crippen MR) is 65.5 cm³/mol. The second-order valence-electron chi connectivity index (χ2n) is 3.84. The van der Waals surface area contributed by atoms with Crippen LogP contribution in [0, 0.1) is 0 Å². The number of nitrogens with two attached hydrogens (primary N) is 1. The highest BCUT2D eigenvalue weighted by Gasteiger charge is 2.08. The monoisotopic (exact) mass is 236 g/mol. The highest BCUT2D eigenvalue weighted by Crippen LogP contribution is 2.18. The summed E-state index contributed by atoms with van der Waals surface area (Å²) < 4.78 is 0. The molecule has 0 spiro atoms. The molecular weight excluding hydrogens is 220 g/mol. The number of fused-ring (bicyclic) bond motifs is 1. The summed E-state index contributed by atoms with van der Waals surface area (Å²) in [6.45, 7) is 2.58. The zero-order valence-corrected chi connectivity index (χ0v) is 9.64. The summed E-state index contributed by atoms with van der Waals surface area (Å²) in [6, 6.07) is 0. The van der Waals surface area contributed by atoms with Crippen molar-refractivity contribution in [1.29, 1.82) is 0 Å². The highest BCUT2D eigenvalue weighted by molar-refractivity contribution is 5.86. The molecule has 0 saturated carbocycles. The van der Waals surface area contributed by atoms with Crippen LogP contribution in [0.1, 0.15) is 19.8 Å². The van der Waals surface area contributed by atoms with Gasteiger partial charge in [0.05, 0.1) is 17.7 Å². The Hall–Kier alpha value is -1.89. The summed E-state index contributed by atoms with van der Waals surface area (Å²) in [5.41, 5.74) is 6.19. The molecule has 0 amide bonds. The smallest absolute Gasteiger partial charge is 0.224 e. The van der Waals surface area contributed by atoms with E-state index in [0.717, 1.165) is 11.8 Å². The quantitative estimate of drug-likeness (QED) is 0.601. The maximum atomic E-state index is 9.45. The number of anilines is 2. The summed E-state index contributed by atoms with van der Waals surface area (Å²) in [7, 11) is 0. The largest absolute Gasteiger partial charge is 0.393 e. The highest BCUT2D eigenvalue weighted by atomic mass is 16.3. The number of aliphatic hydroxyl groups excluding tert-OH is 1. The summed E-state index contributed by atoms with van der Waals surface area (Å²) in [4.78, 5) is 8.13. The number of aliphatic hydroxyl groups is 1. The van der Waals surface area contributed by atoms with E-state index in [1.54, 1.807) is 6.20 Å². The summed E-state index contributed by atoms with van der Waals surface area (Å²) >= 11 is 0. The van der Waals surface area contributed by atoms with Gasteiger partial charge in [-0.3, -0.25) is 5.10 Å². The number of nitrogen functional groups attached to an aromatic ring is 1. The Morgan fingerprint density at radius 3 is 3.12 bits per heavy atom. The van der Waals surface area contributed by atoms with Crippen molar-refractivity contribution >= 4 is 22.8 Å². The van der Waals surface area contributed by atoms with Crippen LogP contribution in [0.25, 0.3) is 11.0 Å². The first kappa shape index (κ1) is 11.6. The molecule has 0 aliphatic rings. The van der Waals surface area contributed by atoms with Crippen molar-refractivity contribution < 1.29 is 5.11 Å². The third-order valence-electron chi connectivity index (χ3n) is 2.57. The van der Waals surface area contributed by atoms with Crippen LogP contribution in [0.15, 0.2) is 6.20 Å². The van der Waals surface area contributed by atoms with Crippen molar-refractivity contribution in [2.45, 2.75) is 25.9 Å². The van der Waals surface area contributed by atoms with E-state index in [-0.39, 0.29) is 12.1 Å². The van der Waals surface area contributed by atoms with Crippen LogP contribution >= 0.6 is 0 Å². The fourth-order valence-corrected chi connectivity index (χ4v) is 1.55. The van der Waals surface area contributed by atoms with E-state index in [4.69, 9.17) is 5.73 Å². The van der Waals surface area contributed by atoms with Crippen LogP contribution in [0.4, 0.5) is 11.8 Å². The maximum absolute atomic E-state index is 9.45. The Balaban J connectivity index is 2.09. The fourth-order valence-electron chi connectivity index (χ4n) is 1.55.